The number of rotatable bonds is 6. The summed E-state index contributed by atoms with van der Waals surface area (Å²) < 4.78 is 6.17. The zero-order chi connectivity index (χ0) is 22.8. The minimum atomic E-state index is -0.597. The highest BCUT2D eigenvalue weighted by Gasteiger charge is 2.40. The first kappa shape index (κ1) is 22.3. The minimum Gasteiger partial charge on any atom is -0.493 e. The molecule has 3 saturated heterocycles. The minimum absolute atomic E-state index is 0.157. The predicted octanol–water partition coefficient (Wildman–Crippen LogP) is 1.68. The first-order valence-corrected chi connectivity index (χ1v) is 12.4. The summed E-state index contributed by atoms with van der Waals surface area (Å²) in [4.78, 5) is 41.0. The number of piperidine rings is 3. The van der Waals surface area contributed by atoms with Crippen molar-refractivity contribution in [3.8, 4) is 5.75 Å². The Balaban J connectivity index is 1.13. The molecule has 0 bridgehead atoms. The number of likely N-dealkylation sites (tertiary alicyclic amines) is 1. The molecule has 1 unspecified atom stereocenters. The largest absolute Gasteiger partial charge is 0.493 e. The molecule has 3 amide bonds. The van der Waals surface area contributed by atoms with E-state index in [4.69, 9.17) is 4.74 Å². The summed E-state index contributed by atoms with van der Waals surface area (Å²) in [5.74, 6) is 0.607. The van der Waals surface area contributed by atoms with Crippen molar-refractivity contribution in [2.24, 2.45) is 5.92 Å². The second-order valence-electron chi connectivity index (χ2n) is 9.78. The average Bonchev–Trinajstić information content (AvgIpc) is 3.17. The van der Waals surface area contributed by atoms with Gasteiger partial charge in [-0.15, -0.1) is 0 Å². The SMILES string of the molecule is O=C1CCC(N2Cc3c(OCCC4CCN(C5CCNCC5)CC4)cccc3C2=O)C(=O)N1. The molecule has 1 aromatic rings. The van der Waals surface area contributed by atoms with Crippen molar-refractivity contribution in [3.63, 3.8) is 0 Å². The number of benzene rings is 1. The second-order valence-corrected chi connectivity index (χ2v) is 9.78. The van der Waals surface area contributed by atoms with Gasteiger partial charge in [-0.25, -0.2) is 0 Å². The first-order chi connectivity index (χ1) is 16.1. The maximum atomic E-state index is 13.0. The highest BCUT2D eigenvalue weighted by Crippen LogP contribution is 2.34. The molecule has 8 nitrogen and oxygen atoms in total. The number of amides is 3. The monoisotopic (exact) mass is 454 g/mol. The number of nitrogens with one attached hydrogen (secondary N) is 2. The molecular formula is C25H34N4O4. The normalized spacial score (nSPS) is 25.3. The van der Waals surface area contributed by atoms with E-state index in [1.165, 1.54) is 38.8 Å². The van der Waals surface area contributed by atoms with Gasteiger partial charge in [0.05, 0.1) is 13.2 Å². The van der Waals surface area contributed by atoms with Gasteiger partial charge in [-0.2, -0.15) is 0 Å². The summed E-state index contributed by atoms with van der Waals surface area (Å²) in [6.45, 7) is 5.65. The second kappa shape index (κ2) is 9.81. The van der Waals surface area contributed by atoms with Crippen LogP contribution < -0.4 is 15.4 Å². The molecule has 0 radical (unpaired) electrons. The van der Waals surface area contributed by atoms with Gasteiger partial charge in [0.1, 0.15) is 11.8 Å². The van der Waals surface area contributed by atoms with Crippen molar-refractivity contribution in [3.05, 3.63) is 29.3 Å². The molecule has 4 aliphatic rings. The molecular weight excluding hydrogens is 420 g/mol. The standard InChI is InChI=1S/C25H34N4O4/c30-23-5-4-21(24(31)27-23)29-16-20-19(25(29)32)2-1-3-22(20)33-15-10-17-8-13-28(14-9-17)18-6-11-26-12-7-18/h1-3,17-18,21,26H,4-16H2,(H,27,30,31). The summed E-state index contributed by atoms with van der Waals surface area (Å²) in [5.41, 5.74) is 1.46. The molecule has 1 atom stereocenters. The lowest BCUT2D eigenvalue weighted by atomic mass is 9.91. The van der Waals surface area contributed by atoms with Gasteiger partial charge in [-0.1, -0.05) is 6.07 Å². The quantitative estimate of drug-likeness (QED) is 0.636. The average molecular weight is 455 g/mol. The zero-order valence-corrected chi connectivity index (χ0v) is 19.2. The van der Waals surface area contributed by atoms with E-state index in [0.717, 1.165) is 36.9 Å². The highest BCUT2D eigenvalue weighted by atomic mass is 16.5. The fraction of sp³-hybridized carbons (Fsp3) is 0.640. The lowest BCUT2D eigenvalue weighted by Gasteiger charge is -2.39. The Kier molecular flexibility index (Phi) is 6.64. The lowest BCUT2D eigenvalue weighted by Crippen LogP contribution is -2.52. The molecule has 8 heteroatoms. The molecule has 178 valence electrons. The van der Waals surface area contributed by atoms with Crippen LogP contribution in [0, 0.1) is 5.92 Å². The molecule has 0 spiro atoms. The van der Waals surface area contributed by atoms with Gasteiger partial charge in [0, 0.05) is 23.6 Å². The Labute approximate surface area is 195 Å². The third-order valence-corrected chi connectivity index (χ3v) is 7.80. The van der Waals surface area contributed by atoms with Crippen molar-refractivity contribution in [1.82, 2.24) is 20.4 Å². The Morgan fingerprint density at radius 2 is 1.79 bits per heavy atom. The van der Waals surface area contributed by atoms with Crippen LogP contribution in [0.25, 0.3) is 0 Å². The van der Waals surface area contributed by atoms with Gasteiger partial charge in [-0.05, 0) is 82.8 Å². The Morgan fingerprint density at radius 1 is 1.00 bits per heavy atom. The van der Waals surface area contributed by atoms with Crippen LogP contribution in [0.1, 0.15) is 60.9 Å². The number of imide groups is 1. The van der Waals surface area contributed by atoms with Gasteiger partial charge in [-0.3, -0.25) is 19.7 Å². The van der Waals surface area contributed by atoms with Crippen molar-refractivity contribution in [2.75, 3.05) is 32.8 Å². The molecule has 1 aromatic carbocycles. The van der Waals surface area contributed by atoms with Gasteiger partial charge in [0.15, 0.2) is 0 Å². The topological polar surface area (TPSA) is 91.0 Å². The molecule has 33 heavy (non-hydrogen) atoms. The Hall–Kier alpha value is -2.45. The van der Waals surface area contributed by atoms with E-state index in [1.807, 2.05) is 12.1 Å². The van der Waals surface area contributed by atoms with Crippen molar-refractivity contribution >= 4 is 17.7 Å². The van der Waals surface area contributed by atoms with Gasteiger partial charge in [0.25, 0.3) is 5.91 Å². The summed E-state index contributed by atoms with van der Waals surface area (Å²) in [5, 5.41) is 5.80. The van der Waals surface area contributed by atoms with E-state index in [-0.39, 0.29) is 24.1 Å². The number of carbonyl (C=O) groups is 3. The first-order valence-electron chi connectivity index (χ1n) is 12.4. The van der Waals surface area contributed by atoms with Crippen molar-refractivity contribution in [2.45, 2.75) is 63.6 Å². The van der Waals surface area contributed by atoms with Crippen LogP contribution in [0.3, 0.4) is 0 Å². The van der Waals surface area contributed by atoms with Crippen LogP contribution >= 0.6 is 0 Å². The summed E-state index contributed by atoms with van der Waals surface area (Å²) in [6, 6.07) is 5.71. The number of carbonyl (C=O) groups excluding carboxylic acids is 3. The third kappa shape index (κ3) is 4.77. The maximum Gasteiger partial charge on any atom is 0.255 e. The summed E-state index contributed by atoms with van der Waals surface area (Å²) in [7, 11) is 0. The third-order valence-electron chi connectivity index (χ3n) is 7.80. The van der Waals surface area contributed by atoms with Crippen LogP contribution in [0.5, 0.6) is 5.75 Å². The Morgan fingerprint density at radius 3 is 2.55 bits per heavy atom. The summed E-state index contributed by atoms with van der Waals surface area (Å²) >= 11 is 0. The number of fused-ring (bicyclic) bond motifs is 1. The van der Waals surface area contributed by atoms with Crippen molar-refractivity contribution < 1.29 is 19.1 Å². The molecule has 0 saturated carbocycles. The van der Waals surface area contributed by atoms with E-state index in [1.54, 1.807) is 11.0 Å². The van der Waals surface area contributed by atoms with Crippen LogP contribution in [0.4, 0.5) is 0 Å². The fourth-order valence-corrected chi connectivity index (χ4v) is 5.81. The molecule has 4 aliphatic heterocycles. The zero-order valence-electron chi connectivity index (χ0n) is 19.2. The maximum absolute atomic E-state index is 13.0. The molecule has 3 fully saturated rings. The van der Waals surface area contributed by atoms with Crippen LogP contribution in [0.15, 0.2) is 18.2 Å². The smallest absolute Gasteiger partial charge is 0.255 e. The number of hydrogen-bond acceptors (Lipinski definition) is 6. The Bertz CT molecular complexity index is 906. The van der Waals surface area contributed by atoms with Crippen LogP contribution in [-0.2, 0) is 16.1 Å². The van der Waals surface area contributed by atoms with Gasteiger partial charge in [0.2, 0.25) is 11.8 Å². The molecule has 2 N–H and O–H groups in total. The highest BCUT2D eigenvalue weighted by molar-refractivity contribution is 6.05. The number of nitrogens with zero attached hydrogens (tertiary/aromatic N) is 2. The molecule has 0 aliphatic carbocycles. The van der Waals surface area contributed by atoms with E-state index in [9.17, 15) is 14.4 Å². The molecule has 0 aromatic heterocycles. The van der Waals surface area contributed by atoms with E-state index < -0.39 is 6.04 Å². The van der Waals surface area contributed by atoms with E-state index in [2.05, 4.69) is 15.5 Å². The number of ether oxygens (including phenoxy) is 1. The predicted molar refractivity (Wildman–Crippen MR) is 123 cm³/mol. The number of hydrogen-bond donors (Lipinski definition) is 2. The van der Waals surface area contributed by atoms with Gasteiger partial charge >= 0.3 is 0 Å². The van der Waals surface area contributed by atoms with Crippen LogP contribution in [0.2, 0.25) is 0 Å². The van der Waals surface area contributed by atoms with Gasteiger partial charge < -0.3 is 19.9 Å². The summed E-state index contributed by atoms with van der Waals surface area (Å²) in [6.07, 6.45) is 6.63. The molecule has 5 rings (SSSR count). The fourth-order valence-electron chi connectivity index (χ4n) is 5.81. The van der Waals surface area contributed by atoms with Crippen molar-refractivity contribution in [1.29, 1.82) is 0 Å². The van der Waals surface area contributed by atoms with Crippen LogP contribution in [-0.4, -0.2) is 72.4 Å². The molecule has 4 heterocycles. The van der Waals surface area contributed by atoms with E-state index in [0.29, 0.717) is 31.1 Å². The van der Waals surface area contributed by atoms with E-state index >= 15 is 0 Å². The lowest BCUT2D eigenvalue weighted by molar-refractivity contribution is -0.136.